The van der Waals surface area contributed by atoms with E-state index in [1.165, 1.54) is 22.6 Å². The summed E-state index contributed by atoms with van der Waals surface area (Å²) in [5.74, 6) is 0. The number of hydrogen-bond acceptors (Lipinski definition) is 1. The third kappa shape index (κ3) is 4.59. The number of allylic oxidation sites excluding steroid dienone is 6. The van der Waals surface area contributed by atoms with E-state index in [9.17, 15) is 0 Å². The van der Waals surface area contributed by atoms with Gasteiger partial charge < -0.3 is 28.9 Å². The van der Waals surface area contributed by atoms with Gasteiger partial charge in [0.25, 0.3) is 0 Å². The molecule has 0 saturated heterocycles. The standard InChI is InChI=1S/C24H27N2.HI/c1-24(2)21-16-11-12-17-22(21)26(4)23(24)18-10-5-6-13-19-25(3)20-14-8-7-9-15-20;/h5-19H,1-4H3;1H/q+1;/p-1. The monoisotopic (exact) mass is 470 g/mol. The largest absolute Gasteiger partial charge is 1.00 e. The molecule has 2 nitrogen and oxygen atoms in total. The predicted octanol–water partition coefficient (Wildman–Crippen LogP) is 2.46. The first-order valence-corrected chi connectivity index (χ1v) is 9.02. The number of benzene rings is 2. The van der Waals surface area contributed by atoms with Crippen LogP contribution in [-0.4, -0.2) is 24.9 Å². The van der Waals surface area contributed by atoms with Crippen LogP contribution in [0.4, 0.5) is 11.4 Å². The van der Waals surface area contributed by atoms with Crippen LogP contribution in [0.1, 0.15) is 19.4 Å². The van der Waals surface area contributed by atoms with Gasteiger partial charge in [0.15, 0.2) is 6.21 Å². The first kappa shape index (κ1) is 21.2. The first-order valence-electron chi connectivity index (χ1n) is 9.02. The molecule has 0 amide bonds. The summed E-state index contributed by atoms with van der Waals surface area (Å²) in [6.45, 7) is 4.57. The number of fused-ring (bicyclic) bond motifs is 1. The second-order valence-electron chi connectivity index (χ2n) is 7.12. The van der Waals surface area contributed by atoms with Gasteiger partial charge in [0.05, 0.1) is 0 Å². The molecule has 27 heavy (non-hydrogen) atoms. The van der Waals surface area contributed by atoms with Crippen LogP contribution in [0.15, 0.2) is 90.7 Å². The van der Waals surface area contributed by atoms with Crippen molar-refractivity contribution in [2.45, 2.75) is 19.3 Å². The van der Waals surface area contributed by atoms with Gasteiger partial charge in [-0.2, -0.15) is 0 Å². The van der Waals surface area contributed by atoms with Crippen molar-refractivity contribution >= 4 is 17.6 Å². The third-order valence-electron chi connectivity index (χ3n) is 5.00. The Bertz CT molecular complexity index is 890. The van der Waals surface area contributed by atoms with Gasteiger partial charge in [0.1, 0.15) is 7.05 Å². The number of para-hydroxylation sites is 2. The molecule has 0 N–H and O–H groups in total. The van der Waals surface area contributed by atoms with E-state index < -0.39 is 0 Å². The quantitative estimate of drug-likeness (QED) is 0.288. The Labute approximate surface area is 180 Å². The van der Waals surface area contributed by atoms with Gasteiger partial charge in [-0.05, 0) is 17.7 Å². The van der Waals surface area contributed by atoms with Crippen LogP contribution in [0.25, 0.3) is 0 Å². The van der Waals surface area contributed by atoms with Gasteiger partial charge in [0, 0.05) is 42.1 Å². The van der Waals surface area contributed by atoms with Crippen LogP contribution in [-0.2, 0) is 5.41 Å². The van der Waals surface area contributed by atoms with Crippen molar-refractivity contribution in [1.29, 1.82) is 0 Å². The van der Waals surface area contributed by atoms with Gasteiger partial charge in [-0.15, -0.1) is 0 Å². The second-order valence-corrected chi connectivity index (χ2v) is 7.12. The summed E-state index contributed by atoms with van der Waals surface area (Å²) < 4.78 is 2.10. The van der Waals surface area contributed by atoms with Gasteiger partial charge in [-0.3, -0.25) is 0 Å². The molecule has 0 fully saturated rings. The SMILES string of the molecule is CN1\C(=C/C=C/C=C/C=[N+](C)c2ccccc2)C(C)(C)c2ccccc21.[I-]. The van der Waals surface area contributed by atoms with Crippen molar-refractivity contribution in [3.05, 3.63) is 96.2 Å². The molecular weight excluding hydrogens is 443 g/mol. The maximum absolute atomic E-state index is 2.29. The molecule has 0 aromatic heterocycles. The van der Waals surface area contributed by atoms with E-state index in [4.69, 9.17) is 0 Å². The van der Waals surface area contributed by atoms with Crippen molar-refractivity contribution in [2.24, 2.45) is 0 Å². The van der Waals surface area contributed by atoms with E-state index in [1.807, 2.05) is 18.2 Å². The zero-order valence-corrected chi connectivity index (χ0v) is 18.6. The molecule has 2 aromatic carbocycles. The summed E-state index contributed by atoms with van der Waals surface area (Å²) in [5.41, 5.74) is 5.20. The normalized spacial score (nSPS) is 17.6. The van der Waals surface area contributed by atoms with E-state index >= 15 is 0 Å². The molecule has 0 unspecified atom stereocenters. The number of nitrogens with zero attached hydrogens (tertiary/aromatic N) is 2. The minimum atomic E-state index is 0. The van der Waals surface area contributed by atoms with Gasteiger partial charge in [-0.1, -0.05) is 68.5 Å². The zero-order valence-electron chi connectivity index (χ0n) is 16.4. The molecule has 2 aromatic rings. The highest BCUT2D eigenvalue weighted by Gasteiger charge is 2.37. The second kappa shape index (κ2) is 9.18. The van der Waals surface area contributed by atoms with Crippen LogP contribution in [0.3, 0.4) is 0 Å². The van der Waals surface area contributed by atoms with Crippen molar-refractivity contribution in [2.75, 3.05) is 19.0 Å². The molecule has 3 rings (SSSR count). The highest BCUT2D eigenvalue weighted by Crippen LogP contribution is 2.46. The third-order valence-corrected chi connectivity index (χ3v) is 5.00. The molecule has 1 heterocycles. The Kier molecular flexibility index (Phi) is 7.19. The Morgan fingerprint density at radius 3 is 2.19 bits per heavy atom. The summed E-state index contributed by atoms with van der Waals surface area (Å²) in [6, 6.07) is 19.0. The number of rotatable bonds is 4. The Morgan fingerprint density at radius 2 is 1.48 bits per heavy atom. The summed E-state index contributed by atoms with van der Waals surface area (Å²) in [6.07, 6.45) is 12.6. The van der Waals surface area contributed by atoms with E-state index in [2.05, 4.69) is 110 Å². The molecule has 1 aliphatic heterocycles. The molecule has 0 bridgehead atoms. The maximum Gasteiger partial charge on any atom is 0.204 e. The molecule has 0 saturated carbocycles. The molecule has 0 aliphatic carbocycles. The number of halogens is 1. The Morgan fingerprint density at radius 1 is 0.852 bits per heavy atom. The summed E-state index contributed by atoms with van der Waals surface area (Å²) in [4.78, 5) is 2.29. The number of hydrogen-bond donors (Lipinski definition) is 0. The van der Waals surface area contributed by atoms with Crippen molar-refractivity contribution < 1.29 is 28.6 Å². The summed E-state index contributed by atoms with van der Waals surface area (Å²) in [5, 5.41) is 0. The molecule has 140 valence electrons. The lowest BCUT2D eigenvalue weighted by Crippen LogP contribution is -3.00. The fraction of sp³-hybridized carbons (Fsp3) is 0.208. The van der Waals surface area contributed by atoms with Crippen molar-refractivity contribution in [3.8, 4) is 0 Å². The maximum atomic E-state index is 2.29. The fourth-order valence-electron chi connectivity index (χ4n) is 3.50. The van der Waals surface area contributed by atoms with E-state index in [1.54, 1.807) is 0 Å². The number of likely N-dealkylation sites (N-methyl/N-ethyl adjacent to an activating group) is 1. The van der Waals surface area contributed by atoms with Crippen LogP contribution in [0, 0.1) is 0 Å². The minimum Gasteiger partial charge on any atom is -1.00 e. The van der Waals surface area contributed by atoms with E-state index in [-0.39, 0.29) is 29.4 Å². The first-order chi connectivity index (χ1) is 12.5. The molecule has 0 atom stereocenters. The molecule has 0 spiro atoms. The highest BCUT2D eigenvalue weighted by atomic mass is 127. The van der Waals surface area contributed by atoms with Gasteiger partial charge in [0.2, 0.25) is 5.69 Å². The topological polar surface area (TPSA) is 6.25 Å². The van der Waals surface area contributed by atoms with Crippen LogP contribution < -0.4 is 28.9 Å². The van der Waals surface area contributed by atoms with E-state index in [0.717, 1.165) is 0 Å². The lowest BCUT2D eigenvalue weighted by molar-refractivity contribution is -0.398. The summed E-state index contributed by atoms with van der Waals surface area (Å²) >= 11 is 0. The summed E-state index contributed by atoms with van der Waals surface area (Å²) in [7, 11) is 4.20. The van der Waals surface area contributed by atoms with Crippen LogP contribution >= 0.6 is 0 Å². The molecule has 0 radical (unpaired) electrons. The van der Waals surface area contributed by atoms with Gasteiger partial charge >= 0.3 is 0 Å². The van der Waals surface area contributed by atoms with Crippen molar-refractivity contribution in [1.82, 2.24) is 0 Å². The molecule has 3 heteroatoms. The highest BCUT2D eigenvalue weighted by molar-refractivity contribution is 5.70. The lowest BCUT2D eigenvalue weighted by atomic mass is 9.84. The van der Waals surface area contributed by atoms with Crippen LogP contribution in [0.5, 0.6) is 0 Å². The fourth-order valence-corrected chi connectivity index (χ4v) is 3.50. The lowest BCUT2D eigenvalue weighted by Gasteiger charge is -2.23. The van der Waals surface area contributed by atoms with Crippen LogP contribution in [0.2, 0.25) is 0 Å². The van der Waals surface area contributed by atoms with Gasteiger partial charge in [-0.25, -0.2) is 4.58 Å². The smallest absolute Gasteiger partial charge is 0.204 e. The predicted molar refractivity (Wildman–Crippen MR) is 113 cm³/mol. The average Bonchev–Trinajstić information content (AvgIpc) is 2.85. The number of anilines is 1. The Hall–Kier alpha value is -2.14. The minimum absolute atomic E-state index is 0. The molecule has 1 aliphatic rings. The molecular formula is C24H27IN2. The zero-order chi connectivity index (χ0) is 18.6. The average molecular weight is 470 g/mol. The van der Waals surface area contributed by atoms with Crippen molar-refractivity contribution in [3.63, 3.8) is 0 Å². The van der Waals surface area contributed by atoms with E-state index in [0.29, 0.717) is 0 Å². The Balaban J connectivity index is 0.00000261.